The van der Waals surface area contributed by atoms with Gasteiger partial charge in [0.15, 0.2) is 6.29 Å². The molecule has 2 aromatic carbocycles. The van der Waals surface area contributed by atoms with E-state index in [1.54, 1.807) is 0 Å². The first-order chi connectivity index (χ1) is 8.38. The monoisotopic (exact) mass is 223 g/mol. The molecule has 0 fully saturated rings. The molecule has 0 aromatic heterocycles. The van der Waals surface area contributed by atoms with E-state index in [1.165, 1.54) is 16.7 Å². The Balaban J connectivity index is 2.01. The minimum Gasteiger partial charge on any atom is -0.291 e. The van der Waals surface area contributed by atoms with E-state index in [2.05, 4.69) is 48.5 Å². The number of rotatable bonds is 5. The molecular formula is C16H15O. The molecule has 1 heteroatoms. The van der Waals surface area contributed by atoms with Crippen LogP contribution >= 0.6 is 0 Å². The molecule has 17 heavy (non-hydrogen) atoms. The molecule has 0 aliphatic rings. The molecule has 0 amide bonds. The molecule has 0 N–H and O–H groups in total. The maximum atomic E-state index is 10.2. The molecule has 1 radical (unpaired) electrons. The van der Waals surface area contributed by atoms with Gasteiger partial charge in [0.25, 0.3) is 0 Å². The first-order valence-corrected chi connectivity index (χ1v) is 5.85. The van der Waals surface area contributed by atoms with Crippen LogP contribution in [0.2, 0.25) is 0 Å². The van der Waals surface area contributed by atoms with Crippen molar-refractivity contribution in [2.24, 2.45) is 0 Å². The zero-order chi connectivity index (χ0) is 11.9. The fraction of sp³-hybridized carbons (Fsp3) is 0.188. The molecule has 0 heterocycles. The minimum absolute atomic E-state index is 0.484. The number of hydrogen-bond acceptors (Lipinski definition) is 1. The van der Waals surface area contributed by atoms with Crippen LogP contribution in [0.4, 0.5) is 0 Å². The molecule has 0 unspecified atom stereocenters. The largest absolute Gasteiger partial charge is 0.291 e. The lowest BCUT2D eigenvalue weighted by molar-refractivity contribution is 0.551. The third-order valence-electron chi connectivity index (χ3n) is 2.79. The topological polar surface area (TPSA) is 17.1 Å². The smallest absolute Gasteiger partial charge is 0.198 e. The van der Waals surface area contributed by atoms with Gasteiger partial charge in [-0.05, 0) is 29.5 Å². The van der Waals surface area contributed by atoms with Crippen molar-refractivity contribution in [1.29, 1.82) is 0 Å². The maximum absolute atomic E-state index is 10.2. The summed E-state index contributed by atoms with van der Waals surface area (Å²) in [5.74, 6) is 0. The van der Waals surface area contributed by atoms with Gasteiger partial charge in [0.05, 0.1) is 0 Å². The molecule has 0 aliphatic carbocycles. The SMILES string of the molecule is O=[C]CCc1ccc(Cc2ccccc2)cc1. The maximum Gasteiger partial charge on any atom is 0.198 e. The van der Waals surface area contributed by atoms with E-state index in [-0.39, 0.29) is 0 Å². The zero-order valence-electron chi connectivity index (χ0n) is 9.73. The van der Waals surface area contributed by atoms with E-state index >= 15 is 0 Å². The molecule has 0 bridgehead atoms. The van der Waals surface area contributed by atoms with Crippen molar-refractivity contribution in [3.8, 4) is 0 Å². The highest BCUT2D eigenvalue weighted by Gasteiger charge is 1.97. The second-order valence-electron chi connectivity index (χ2n) is 4.12. The van der Waals surface area contributed by atoms with Crippen LogP contribution in [-0.4, -0.2) is 6.29 Å². The lowest BCUT2D eigenvalue weighted by Crippen LogP contribution is -1.90. The average Bonchev–Trinajstić information content (AvgIpc) is 2.39. The minimum atomic E-state index is 0.484. The van der Waals surface area contributed by atoms with Crippen LogP contribution in [-0.2, 0) is 17.6 Å². The standard InChI is InChI=1S/C16H15O/c17-12-4-7-14-8-10-16(11-9-14)13-15-5-2-1-3-6-15/h1-3,5-6,8-11H,4,7,13H2. The van der Waals surface area contributed by atoms with Gasteiger partial charge >= 0.3 is 0 Å². The van der Waals surface area contributed by atoms with E-state index in [0.717, 1.165) is 12.8 Å². The van der Waals surface area contributed by atoms with Gasteiger partial charge < -0.3 is 0 Å². The normalized spacial score (nSPS) is 10.1. The Hall–Kier alpha value is -1.89. The van der Waals surface area contributed by atoms with Gasteiger partial charge in [-0.1, -0.05) is 54.6 Å². The zero-order valence-corrected chi connectivity index (χ0v) is 9.73. The summed E-state index contributed by atoms with van der Waals surface area (Å²) in [6, 6.07) is 18.9. The van der Waals surface area contributed by atoms with E-state index < -0.39 is 0 Å². The summed E-state index contributed by atoms with van der Waals surface area (Å²) >= 11 is 0. The van der Waals surface area contributed by atoms with E-state index in [4.69, 9.17) is 0 Å². The highest BCUT2D eigenvalue weighted by molar-refractivity contribution is 5.51. The van der Waals surface area contributed by atoms with Gasteiger partial charge in [0.1, 0.15) is 0 Å². The predicted molar refractivity (Wildman–Crippen MR) is 69.7 cm³/mol. The molecule has 2 aromatic rings. The second kappa shape index (κ2) is 6.00. The van der Waals surface area contributed by atoms with Crippen LogP contribution in [0.3, 0.4) is 0 Å². The number of carbonyl (C=O) groups excluding carboxylic acids is 1. The Morgan fingerprint density at radius 1 is 0.765 bits per heavy atom. The van der Waals surface area contributed by atoms with Gasteiger partial charge in [-0.15, -0.1) is 0 Å². The van der Waals surface area contributed by atoms with Crippen LogP contribution < -0.4 is 0 Å². The summed E-state index contributed by atoms with van der Waals surface area (Å²) in [7, 11) is 0. The third-order valence-corrected chi connectivity index (χ3v) is 2.79. The first kappa shape index (κ1) is 11.6. The number of benzene rings is 2. The Morgan fingerprint density at radius 2 is 1.35 bits per heavy atom. The summed E-state index contributed by atoms with van der Waals surface area (Å²) in [6.45, 7) is 0. The lowest BCUT2D eigenvalue weighted by Gasteiger charge is -2.03. The Bertz CT molecular complexity index is 457. The van der Waals surface area contributed by atoms with Gasteiger partial charge in [-0.25, -0.2) is 0 Å². The first-order valence-electron chi connectivity index (χ1n) is 5.85. The summed E-state index contributed by atoms with van der Waals surface area (Å²) in [5, 5.41) is 0. The van der Waals surface area contributed by atoms with E-state index in [1.807, 2.05) is 12.4 Å². The average molecular weight is 223 g/mol. The van der Waals surface area contributed by atoms with Crippen LogP contribution in [0.15, 0.2) is 54.6 Å². The van der Waals surface area contributed by atoms with Crippen molar-refractivity contribution < 1.29 is 4.79 Å². The summed E-state index contributed by atoms with van der Waals surface area (Å²) in [6.07, 6.45) is 4.15. The molecule has 85 valence electrons. The van der Waals surface area contributed by atoms with Crippen molar-refractivity contribution in [3.63, 3.8) is 0 Å². The van der Waals surface area contributed by atoms with Crippen molar-refractivity contribution in [2.45, 2.75) is 19.3 Å². The fourth-order valence-corrected chi connectivity index (χ4v) is 1.85. The van der Waals surface area contributed by atoms with E-state index in [0.29, 0.717) is 6.42 Å². The van der Waals surface area contributed by atoms with Crippen LogP contribution in [0.25, 0.3) is 0 Å². The highest BCUT2D eigenvalue weighted by atomic mass is 16.1. The van der Waals surface area contributed by atoms with Crippen molar-refractivity contribution in [3.05, 3.63) is 71.3 Å². The van der Waals surface area contributed by atoms with Crippen molar-refractivity contribution in [2.75, 3.05) is 0 Å². The Kier molecular flexibility index (Phi) is 4.09. The van der Waals surface area contributed by atoms with Gasteiger partial charge in [0.2, 0.25) is 0 Å². The molecule has 0 spiro atoms. The van der Waals surface area contributed by atoms with Gasteiger partial charge in [0, 0.05) is 6.42 Å². The second-order valence-corrected chi connectivity index (χ2v) is 4.12. The molecule has 0 saturated carbocycles. The third kappa shape index (κ3) is 3.56. The molecule has 1 nitrogen and oxygen atoms in total. The van der Waals surface area contributed by atoms with Crippen LogP contribution in [0.1, 0.15) is 23.1 Å². The van der Waals surface area contributed by atoms with Crippen LogP contribution in [0, 0.1) is 0 Å². The molecule has 2 rings (SSSR count). The molecular weight excluding hydrogens is 208 g/mol. The summed E-state index contributed by atoms with van der Waals surface area (Å²) in [4.78, 5) is 10.2. The Morgan fingerprint density at radius 3 is 2.00 bits per heavy atom. The highest BCUT2D eigenvalue weighted by Crippen LogP contribution is 2.11. The predicted octanol–water partition coefficient (Wildman–Crippen LogP) is 3.32. The molecule has 0 aliphatic heterocycles. The summed E-state index contributed by atoms with van der Waals surface area (Å²) in [5.41, 5.74) is 3.82. The fourth-order valence-electron chi connectivity index (χ4n) is 1.85. The van der Waals surface area contributed by atoms with Crippen LogP contribution in [0.5, 0.6) is 0 Å². The van der Waals surface area contributed by atoms with Gasteiger partial charge in [-0.3, -0.25) is 4.79 Å². The number of hydrogen-bond donors (Lipinski definition) is 0. The van der Waals surface area contributed by atoms with Gasteiger partial charge in [-0.2, -0.15) is 0 Å². The number of aryl methyl sites for hydroxylation is 1. The summed E-state index contributed by atoms with van der Waals surface area (Å²) < 4.78 is 0. The molecule has 0 atom stereocenters. The van der Waals surface area contributed by atoms with E-state index in [9.17, 15) is 4.79 Å². The Labute approximate surface area is 102 Å². The quantitative estimate of drug-likeness (QED) is 0.760. The molecule has 0 saturated heterocycles. The lowest BCUT2D eigenvalue weighted by atomic mass is 10.0. The van der Waals surface area contributed by atoms with Crippen molar-refractivity contribution in [1.82, 2.24) is 0 Å². The van der Waals surface area contributed by atoms with Crippen molar-refractivity contribution >= 4 is 6.29 Å².